The van der Waals surface area contributed by atoms with Gasteiger partial charge in [0.2, 0.25) is 5.91 Å². The molecule has 1 N–H and O–H groups in total. The highest BCUT2D eigenvalue weighted by molar-refractivity contribution is 7.13. The quantitative estimate of drug-likeness (QED) is 0.729. The lowest BCUT2D eigenvalue weighted by Crippen LogP contribution is -2.22. The second-order valence-corrected chi connectivity index (χ2v) is 7.37. The Labute approximate surface area is 162 Å². The number of aromatic nitrogens is 1. The number of carbonyl (C=O) groups excluding carboxylic acids is 2. The fourth-order valence-corrected chi connectivity index (χ4v) is 3.40. The van der Waals surface area contributed by atoms with Crippen molar-refractivity contribution in [2.45, 2.75) is 13.3 Å². The number of hydrogen-bond acceptors (Lipinski definition) is 4. The topological polar surface area (TPSA) is 62.3 Å². The first kappa shape index (κ1) is 18.8. The van der Waals surface area contributed by atoms with Crippen LogP contribution in [0.1, 0.15) is 21.6 Å². The highest BCUT2D eigenvalue weighted by atomic mass is 32.1. The van der Waals surface area contributed by atoms with Crippen LogP contribution in [-0.2, 0) is 11.2 Å². The van der Waals surface area contributed by atoms with E-state index < -0.39 is 0 Å². The minimum atomic E-state index is -0.162. The average molecular weight is 379 g/mol. The van der Waals surface area contributed by atoms with Gasteiger partial charge >= 0.3 is 0 Å². The molecule has 0 fully saturated rings. The zero-order valence-corrected chi connectivity index (χ0v) is 16.3. The zero-order valence-electron chi connectivity index (χ0n) is 15.5. The summed E-state index contributed by atoms with van der Waals surface area (Å²) in [6.45, 7) is 2.04. The van der Waals surface area contributed by atoms with Crippen LogP contribution in [0.3, 0.4) is 0 Å². The van der Waals surface area contributed by atoms with Gasteiger partial charge in [-0.05, 0) is 25.1 Å². The van der Waals surface area contributed by atoms with Gasteiger partial charge in [0.15, 0.2) is 0 Å². The first-order valence-electron chi connectivity index (χ1n) is 8.55. The van der Waals surface area contributed by atoms with Crippen LogP contribution in [0.25, 0.3) is 10.6 Å². The Morgan fingerprint density at radius 2 is 1.85 bits per heavy atom. The van der Waals surface area contributed by atoms with Crippen LogP contribution in [0.15, 0.2) is 53.9 Å². The van der Waals surface area contributed by atoms with Crippen LogP contribution in [0.5, 0.6) is 0 Å². The standard InChI is InChI=1S/C21H21N3O2S/c1-14-7-9-15(10-8-14)20-23-18(13-27-20)12-19(25)22-17-6-4-5-16(11-17)21(26)24(2)3/h4-11,13H,12H2,1-3H3,(H,22,25). The van der Waals surface area contributed by atoms with Crippen LogP contribution >= 0.6 is 11.3 Å². The molecule has 6 heteroatoms. The molecule has 0 saturated carbocycles. The van der Waals surface area contributed by atoms with Crippen molar-refractivity contribution >= 4 is 28.8 Å². The highest BCUT2D eigenvalue weighted by Crippen LogP contribution is 2.24. The number of nitrogens with one attached hydrogen (secondary N) is 1. The maximum atomic E-state index is 12.3. The molecule has 5 nitrogen and oxygen atoms in total. The minimum absolute atomic E-state index is 0.103. The Balaban J connectivity index is 1.66. The van der Waals surface area contributed by atoms with Gasteiger partial charge < -0.3 is 10.2 Å². The van der Waals surface area contributed by atoms with Crippen LogP contribution in [0.2, 0.25) is 0 Å². The summed E-state index contributed by atoms with van der Waals surface area (Å²) < 4.78 is 0. The van der Waals surface area contributed by atoms with Crippen molar-refractivity contribution in [3.63, 3.8) is 0 Å². The van der Waals surface area contributed by atoms with Crippen molar-refractivity contribution in [1.29, 1.82) is 0 Å². The van der Waals surface area contributed by atoms with E-state index in [2.05, 4.69) is 10.3 Å². The first-order valence-corrected chi connectivity index (χ1v) is 9.43. The minimum Gasteiger partial charge on any atom is -0.345 e. The predicted octanol–water partition coefficient (Wildman–Crippen LogP) is 4.00. The highest BCUT2D eigenvalue weighted by Gasteiger charge is 2.12. The van der Waals surface area contributed by atoms with E-state index in [9.17, 15) is 9.59 Å². The molecular formula is C21H21N3O2S. The molecule has 0 unspecified atom stereocenters. The van der Waals surface area contributed by atoms with Crippen molar-refractivity contribution in [3.05, 3.63) is 70.7 Å². The van der Waals surface area contributed by atoms with Gasteiger partial charge in [0, 0.05) is 36.3 Å². The molecule has 0 aliphatic heterocycles. The molecule has 0 aliphatic carbocycles. The van der Waals surface area contributed by atoms with E-state index in [1.165, 1.54) is 21.8 Å². The molecule has 0 saturated heterocycles. The molecule has 0 spiro atoms. The summed E-state index contributed by atoms with van der Waals surface area (Å²) in [6, 6.07) is 15.1. The number of hydrogen-bond donors (Lipinski definition) is 1. The normalized spacial score (nSPS) is 10.5. The number of carbonyl (C=O) groups is 2. The monoisotopic (exact) mass is 379 g/mol. The summed E-state index contributed by atoms with van der Waals surface area (Å²) in [5.41, 5.74) is 4.11. The summed E-state index contributed by atoms with van der Waals surface area (Å²) in [4.78, 5) is 30.4. The van der Waals surface area contributed by atoms with Gasteiger partial charge in [-0.2, -0.15) is 0 Å². The average Bonchev–Trinajstić information content (AvgIpc) is 3.10. The Bertz CT molecular complexity index is 962. The molecule has 3 aromatic rings. The van der Waals surface area contributed by atoms with Gasteiger partial charge in [0.1, 0.15) is 5.01 Å². The molecule has 27 heavy (non-hydrogen) atoms. The fraction of sp³-hybridized carbons (Fsp3) is 0.190. The Kier molecular flexibility index (Phi) is 5.66. The Morgan fingerprint density at radius 1 is 1.11 bits per heavy atom. The van der Waals surface area contributed by atoms with Gasteiger partial charge in [-0.15, -0.1) is 11.3 Å². The number of rotatable bonds is 5. The van der Waals surface area contributed by atoms with E-state index in [1.807, 2.05) is 36.6 Å². The first-order chi connectivity index (χ1) is 12.9. The number of benzene rings is 2. The van der Waals surface area contributed by atoms with Crippen LogP contribution in [-0.4, -0.2) is 35.8 Å². The van der Waals surface area contributed by atoms with Gasteiger partial charge in [-0.3, -0.25) is 9.59 Å². The summed E-state index contributed by atoms with van der Waals surface area (Å²) >= 11 is 1.53. The molecule has 1 heterocycles. The third kappa shape index (κ3) is 4.80. The van der Waals surface area contributed by atoms with E-state index >= 15 is 0 Å². The lowest BCUT2D eigenvalue weighted by molar-refractivity contribution is -0.115. The summed E-state index contributed by atoms with van der Waals surface area (Å²) in [6.07, 6.45) is 0.189. The third-order valence-electron chi connectivity index (χ3n) is 3.99. The maximum absolute atomic E-state index is 12.3. The number of anilines is 1. The summed E-state index contributed by atoms with van der Waals surface area (Å²) in [5.74, 6) is -0.265. The Hall–Kier alpha value is -2.99. The Morgan fingerprint density at radius 3 is 2.56 bits per heavy atom. The van der Waals surface area contributed by atoms with Crippen molar-refractivity contribution in [2.75, 3.05) is 19.4 Å². The van der Waals surface area contributed by atoms with Crippen LogP contribution in [0.4, 0.5) is 5.69 Å². The molecule has 3 rings (SSSR count). The predicted molar refractivity (Wildman–Crippen MR) is 109 cm³/mol. The van der Waals surface area contributed by atoms with Crippen LogP contribution < -0.4 is 5.32 Å². The van der Waals surface area contributed by atoms with E-state index in [4.69, 9.17) is 0 Å². The van der Waals surface area contributed by atoms with Gasteiger partial charge in [-0.1, -0.05) is 35.9 Å². The second-order valence-electron chi connectivity index (χ2n) is 6.52. The lowest BCUT2D eigenvalue weighted by atomic mass is 10.1. The lowest BCUT2D eigenvalue weighted by Gasteiger charge is -2.11. The molecular weight excluding hydrogens is 358 g/mol. The molecule has 0 radical (unpaired) electrons. The SMILES string of the molecule is Cc1ccc(-c2nc(CC(=O)Nc3cccc(C(=O)N(C)C)c3)cs2)cc1. The van der Waals surface area contributed by atoms with E-state index in [0.717, 1.165) is 16.3 Å². The van der Waals surface area contributed by atoms with E-state index in [-0.39, 0.29) is 18.2 Å². The third-order valence-corrected chi connectivity index (χ3v) is 4.93. The molecule has 0 bridgehead atoms. The van der Waals surface area contributed by atoms with Crippen molar-refractivity contribution in [1.82, 2.24) is 9.88 Å². The number of amides is 2. The summed E-state index contributed by atoms with van der Waals surface area (Å²) in [7, 11) is 3.39. The largest absolute Gasteiger partial charge is 0.345 e. The van der Waals surface area contributed by atoms with Crippen LogP contribution in [0, 0.1) is 6.92 Å². The maximum Gasteiger partial charge on any atom is 0.253 e. The second kappa shape index (κ2) is 8.14. The van der Waals surface area contributed by atoms with Gasteiger partial charge in [0.05, 0.1) is 12.1 Å². The fourth-order valence-electron chi connectivity index (χ4n) is 2.57. The van der Waals surface area contributed by atoms with Crippen molar-refractivity contribution < 1.29 is 9.59 Å². The smallest absolute Gasteiger partial charge is 0.253 e. The number of thiazole rings is 1. The van der Waals surface area contributed by atoms with E-state index in [0.29, 0.717) is 11.3 Å². The van der Waals surface area contributed by atoms with E-state index in [1.54, 1.807) is 38.4 Å². The molecule has 2 aromatic carbocycles. The number of aryl methyl sites for hydroxylation is 1. The molecule has 1 aromatic heterocycles. The zero-order chi connectivity index (χ0) is 19.4. The summed E-state index contributed by atoms with van der Waals surface area (Å²) in [5, 5.41) is 5.64. The number of nitrogens with zero attached hydrogens (tertiary/aromatic N) is 2. The molecule has 0 aliphatic rings. The van der Waals surface area contributed by atoms with Gasteiger partial charge in [-0.25, -0.2) is 4.98 Å². The molecule has 0 atom stereocenters. The van der Waals surface area contributed by atoms with Crippen molar-refractivity contribution in [2.24, 2.45) is 0 Å². The van der Waals surface area contributed by atoms with Crippen molar-refractivity contribution in [3.8, 4) is 10.6 Å². The van der Waals surface area contributed by atoms with Gasteiger partial charge in [0.25, 0.3) is 5.91 Å². The molecule has 138 valence electrons. The molecule has 2 amide bonds.